The van der Waals surface area contributed by atoms with Crippen LogP contribution in [0.5, 0.6) is 5.75 Å². The fraction of sp³-hybridized carbons (Fsp3) is 0.381. The number of halogens is 3. The Kier molecular flexibility index (Phi) is 6.67. The van der Waals surface area contributed by atoms with Gasteiger partial charge in [-0.1, -0.05) is 12.1 Å². The van der Waals surface area contributed by atoms with E-state index in [0.29, 0.717) is 23.3 Å². The summed E-state index contributed by atoms with van der Waals surface area (Å²) < 4.78 is 32.3. The lowest BCUT2D eigenvalue weighted by Gasteiger charge is -2.44. The van der Waals surface area contributed by atoms with Gasteiger partial charge in [0.1, 0.15) is 17.4 Å². The molecule has 1 aliphatic rings. The number of carbonyl (C=O) groups is 1. The predicted molar refractivity (Wildman–Crippen MR) is 107 cm³/mol. The van der Waals surface area contributed by atoms with Crippen molar-refractivity contribution in [3.05, 3.63) is 64.1 Å². The van der Waals surface area contributed by atoms with Crippen LogP contribution in [0, 0.1) is 11.6 Å². The molecule has 2 aromatic rings. The van der Waals surface area contributed by atoms with Crippen LogP contribution in [0.1, 0.15) is 19.4 Å². The van der Waals surface area contributed by atoms with Crippen molar-refractivity contribution in [2.45, 2.75) is 32.5 Å². The Labute approximate surface area is 172 Å². The van der Waals surface area contributed by atoms with Crippen molar-refractivity contribution < 1.29 is 18.3 Å². The number of hydrogen-bond donors (Lipinski definition) is 0. The lowest BCUT2D eigenvalue weighted by Crippen LogP contribution is -2.58. The minimum atomic E-state index is -0.370. The van der Waals surface area contributed by atoms with Gasteiger partial charge in [0.25, 0.3) is 5.91 Å². The van der Waals surface area contributed by atoms with Crippen LogP contribution in [-0.4, -0.2) is 47.5 Å². The Morgan fingerprint density at radius 1 is 1.07 bits per heavy atom. The summed E-state index contributed by atoms with van der Waals surface area (Å²) in [6, 6.07) is 10.8. The molecule has 2 unspecified atom stereocenters. The minimum absolute atomic E-state index is 0.0319. The van der Waals surface area contributed by atoms with Crippen molar-refractivity contribution >= 4 is 21.8 Å². The Morgan fingerprint density at radius 2 is 1.75 bits per heavy atom. The maximum atomic E-state index is 13.2. The van der Waals surface area contributed by atoms with Crippen molar-refractivity contribution in [3.8, 4) is 5.75 Å². The SMILES string of the molecule is CC1CN(C(=O)COc2ccc(F)cc2Br)C(C)CN1Cc1ccc(F)cc1. The summed E-state index contributed by atoms with van der Waals surface area (Å²) in [5, 5.41) is 0. The van der Waals surface area contributed by atoms with Gasteiger partial charge in [0, 0.05) is 31.7 Å². The molecule has 2 aromatic carbocycles. The first-order chi connectivity index (χ1) is 13.3. The molecule has 1 fully saturated rings. The minimum Gasteiger partial charge on any atom is -0.483 e. The van der Waals surface area contributed by atoms with E-state index in [4.69, 9.17) is 4.74 Å². The Morgan fingerprint density at radius 3 is 2.43 bits per heavy atom. The van der Waals surface area contributed by atoms with E-state index in [-0.39, 0.29) is 36.2 Å². The van der Waals surface area contributed by atoms with Gasteiger partial charge in [-0.3, -0.25) is 9.69 Å². The molecule has 150 valence electrons. The normalized spacial score (nSPS) is 20.2. The molecular weight excluding hydrogens is 430 g/mol. The molecule has 7 heteroatoms. The highest BCUT2D eigenvalue weighted by molar-refractivity contribution is 9.10. The van der Waals surface area contributed by atoms with Gasteiger partial charge in [-0.05, 0) is 65.7 Å². The van der Waals surface area contributed by atoms with Crippen LogP contribution in [0.3, 0.4) is 0 Å². The maximum Gasteiger partial charge on any atom is 0.260 e. The van der Waals surface area contributed by atoms with E-state index in [9.17, 15) is 13.6 Å². The second kappa shape index (κ2) is 9.01. The molecule has 1 saturated heterocycles. The molecule has 28 heavy (non-hydrogen) atoms. The molecule has 0 aromatic heterocycles. The van der Waals surface area contributed by atoms with Crippen molar-refractivity contribution in [2.75, 3.05) is 19.7 Å². The molecule has 0 spiro atoms. The largest absolute Gasteiger partial charge is 0.483 e. The van der Waals surface area contributed by atoms with Gasteiger partial charge in [-0.25, -0.2) is 8.78 Å². The number of amides is 1. The van der Waals surface area contributed by atoms with Crippen LogP contribution >= 0.6 is 15.9 Å². The summed E-state index contributed by atoms with van der Waals surface area (Å²) in [4.78, 5) is 16.8. The van der Waals surface area contributed by atoms with Crippen LogP contribution in [0.2, 0.25) is 0 Å². The van der Waals surface area contributed by atoms with Crippen LogP contribution in [0.15, 0.2) is 46.9 Å². The molecule has 2 atom stereocenters. The highest BCUT2D eigenvalue weighted by atomic mass is 79.9. The highest BCUT2D eigenvalue weighted by Crippen LogP contribution is 2.26. The molecule has 0 aliphatic carbocycles. The third-order valence-electron chi connectivity index (χ3n) is 4.98. The molecule has 0 bridgehead atoms. The Bertz CT molecular complexity index is 832. The second-order valence-electron chi connectivity index (χ2n) is 7.16. The zero-order valence-corrected chi connectivity index (χ0v) is 17.5. The highest BCUT2D eigenvalue weighted by Gasteiger charge is 2.32. The molecule has 1 heterocycles. The van der Waals surface area contributed by atoms with Crippen molar-refractivity contribution in [1.29, 1.82) is 0 Å². The molecule has 1 amide bonds. The zero-order valence-electron chi connectivity index (χ0n) is 15.9. The van der Waals surface area contributed by atoms with Gasteiger partial charge in [0.2, 0.25) is 0 Å². The summed E-state index contributed by atoms with van der Waals surface area (Å²) in [7, 11) is 0. The van der Waals surface area contributed by atoms with Gasteiger partial charge >= 0.3 is 0 Å². The number of benzene rings is 2. The van der Waals surface area contributed by atoms with Gasteiger partial charge in [0.05, 0.1) is 4.47 Å². The molecule has 1 aliphatic heterocycles. The van der Waals surface area contributed by atoms with E-state index in [1.807, 2.05) is 11.8 Å². The molecule has 0 N–H and O–H groups in total. The van der Waals surface area contributed by atoms with E-state index in [0.717, 1.165) is 12.1 Å². The van der Waals surface area contributed by atoms with Gasteiger partial charge in [-0.15, -0.1) is 0 Å². The van der Waals surface area contributed by atoms with Gasteiger partial charge in [0.15, 0.2) is 6.61 Å². The first kappa shape index (κ1) is 20.7. The van der Waals surface area contributed by atoms with Gasteiger partial charge < -0.3 is 9.64 Å². The third-order valence-corrected chi connectivity index (χ3v) is 5.60. The lowest BCUT2D eigenvalue weighted by atomic mass is 10.1. The summed E-state index contributed by atoms with van der Waals surface area (Å²) >= 11 is 3.24. The smallest absolute Gasteiger partial charge is 0.260 e. The van der Waals surface area contributed by atoms with Crippen molar-refractivity contribution in [2.24, 2.45) is 0 Å². The van der Waals surface area contributed by atoms with E-state index >= 15 is 0 Å². The monoisotopic (exact) mass is 452 g/mol. The fourth-order valence-corrected chi connectivity index (χ4v) is 3.87. The average Bonchev–Trinajstić information content (AvgIpc) is 2.65. The first-order valence-corrected chi connectivity index (χ1v) is 9.98. The van der Waals surface area contributed by atoms with Crippen LogP contribution in [-0.2, 0) is 11.3 Å². The van der Waals surface area contributed by atoms with Crippen LogP contribution in [0.4, 0.5) is 8.78 Å². The summed E-state index contributed by atoms with van der Waals surface area (Å²) in [6.07, 6.45) is 0. The van der Waals surface area contributed by atoms with E-state index in [1.165, 1.54) is 30.3 Å². The number of nitrogens with zero attached hydrogens (tertiary/aromatic N) is 2. The zero-order chi connectivity index (χ0) is 20.3. The molecule has 0 saturated carbocycles. The summed E-state index contributed by atoms with van der Waals surface area (Å²) in [5.41, 5.74) is 1.05. The molecule has 0 radical (unpaired) electrons. The quantitative estimate of drug-likeness (QED) is 0.680. The number of ether oxygens (including phenoxy) is 1. The molecule has 4 nitrogen and oxygen atoms in total. The average molecular weight is 453 g/mol. The first-order valence-electron chi connectivity index (χ1n) is 9.19. The third kappa shape index (κ3) is 5.08. The Balaban J connectivity index is 1.57. The maximum absolute atomic E-state index is 13.2. The number of hydrogen-bond acceptors (Lipinski definition) is 3. The predicted octanol–water partition coefficient (Wildman–Crippen LogP) is 4.23. The molecular formula is C21H23BrF2N2O2. The van der Waals surface area contributed by atoms with Crippen LogP contribution < -0.4 is 4.74 Å². The summed E-state index contributed by atoms with van der Waals surface area (Å²) in [5.74, 6) is -0.277. The van der Waals surface area contributed by atoms with E-state index in [2.05, 4.69) is 27.8 Å². The van der Waals surface area contributed by atoms with Crippen molar-refractivity contribution in [3.63, 3.8) is 0 Å². The Hall–Kier alpha value is -1.99. The second-order valence-corrected chi connectivity index (χ2v) is 8.02. The standard InChI is InChI=1S/C21H23BrF2N2O2/c1-14-11-26(21(27)13-28-20-8-7-18(24)9-19(20)22)15(2)10-25(14)12-16-3-5-17(23)6-4-16/h3-9,14-15H,10-13H2,1-2H3. The van der Waals surface area contributed by atoms with Crippen molar-refractivity contribution in [1.82, 2.24) is 9.80 Å². The topological polar surface area (TPSA) is 32.8 Å². The number of rotatable bonds is 5. The summed E-state index contributed by atoms with van der Waals surface area (Å²) in [6.45, 7) is 6.02. The molecule has 3 rings (SSSR count). The van der Waals surface area contributed by atoms with Gasteiger partial charge in [-0.2, -0.15) is 0 Å². The number of carbonyl (C=O) groups excluding carboxylic acids is 1. The lowest BCUT2D eigenvalue weighted by molar-refractivity contribution is -0.139. The van der Waals surface area contributed by atoms with Crippen LogP contribution in [0.25, 0.3) is 0 Å². The fourth-order valence-electron chi connectivity index (χ4n) is 3.40. The van der Waals surface area contributed by atoms with E-state index < -0.39 is 0 Å². The number of piperazine rings is 1. The van der Waals surface area contributed by atoms with E-state index in [1.54, 1.807) is 12.1 Å².